The van der Waals surface area contributed by atoms with Crippen molar-refractivity contribution in [1.82, 2.24) is 9.91 Å². The summed E-state index contributed by atoms with van der Waals surface area (Å²) in [6, 6.07) is 15.1. The number of carbonyl (C=O) groups excluding carboxylic acids is 2. The number of hydrazone groups is 1. The highest BCUT2D eigenvalue weighted by Gasteiger charge is 2.38. The number of benzene rings is 2. The smallest absolute Gasteiger partial charge is 0.341 e. The van der Waals surface area contributed by atoms with Gasteiger partial charge in [0.15, 0.2) is 6.61 Å². The highest BCUT2D eigenvalue weighted by Crippen LogP contribution is 2.33. The maximum absolute atomic E-state index is 12.9. The van der Waals surface area contributed by atoms with Gasteiger partial charge in [-0.25, -0.2) is 9.80 Å². The van der Waals surface area contributed by atoms with Gasteiger partial charge in [0.2, 0.25) is 0 Å². The molecule has 5 rings (SSSR count). The van der Waals surface area contributed by atoms with Crippen LogP contribution in [-0.2, 0) is 4.79 Å². The average molecular weight is 392 g/mol. The number of fused-ring (bicyclic) bond motifs is 1. The van der Waals surface area contributed by atoms with Crippen LogP contribution in [0, 0.1) is 0 Å². The molecule has 2 aromatic carbocycles. The molecule has 2 aromatic rings. The Balaban J connectivity index is 1.19. The number of urea groups is 1. The monoisotopic (exact) mass is 392 g/mol. The van der Waals surface area contributed by atoms with Crippen molar-refractivity contribution in [2.45, 2.75) is 18.6 Å². The van der Waals surface area contributed by atoms with E-state index in [1.54, 1.807) is 34.3 Å². The number of amides is 3. The van der Waals surface area contributed by atoms with Crippen molar-refractivity contribution in [2.75, 3.05) is 25.0 Å². The summed E-state index contributed by atoms with van der Waals surface area (Å²) in [6.07, 6.45) is 2.40. The van der Waals surface area contributed by atoms with Crippen molar-refractivity contribution in [3.63, 3.8) is 0 Å². The van der Waals surface area contributed by atoms with Crippen LogP contribution in [0.1, 0.15) is 18.0 Å². The molecule has 29 heavy (non-hydrogen) atoms. The van der Waals surface area contributed by atoms with Crippen molar-refractivity contribution in [1.29, 1.82) is 0 Å². The molecule has 0 aliphatic carbocycles. The van der Waals surface area contributed by atoms with Gasteiger partial charge in [-0.15, -0.1) is 0 Å². The van der Waals surface area contributed by atoms with Gasteiger partial charge in [-0.05, 0) is 17.7 Å². The summed E-state index contributed by atoms with van der Waals surface area (Å²) < 4.78 is 11.3. The topological polar surface area (TPSA) is 83.5 Å². The van der Waals surface area contributed by atoms with Crippen LogP contribution < -0.4 is 14.8 Å². The highest BCUT2D eigenvalue weighted by molar-refractivity contribution is 5.95. The Morgan fingerprint density at radius 1 is 1.17 bits per heavy atom. The second-order valence-electron chi connectivity index (χ2n) is 7.23. The van der Waals surface area contributed by atoms with E-state index in [9.17, 15) is 9.59 Å². The van der Waals surface area contributed by atoms with Crippen LogP contribution in [0.3, 0.4) is 0 Å². The van der Waals surface area contributed by atoms with Crippen LogP contribution in [-0.4, -0.2) is 53.9 Å². The summed E-state index contributed by atoms with van der Waals surface area (Å²) in [5.74, 6) is 1.07. The van der Waals surface area contributed by atoms with Crippen LogP contribution in [0.15, 0.2) is 53.6 Å². The lowest BCUT2D eigenvalue weighted by molar-refractivity contribution is -0.118. The third-order valence-electron chi connectivity index (χ3n) is 5.22. The molecule has 0 unspecified atom stereocenters. The summed E-state index contributed by atoms with van der Waals surface area (Å²) >= 11 is 0. The molecule has 3 heterocycles. The third-order valence-corrected chi connectivity index (χ3v) is 5.22. The molecule has 0 radical (unpaired) electrons. The molecule has 1 saturated heterocycles. The fraction of sp³-hybridized carbons (Fsp3) is 0.286. The van der Waals surface area contributed by atoms with E-state index in [0.29, 0.717) is 36.7 Å². The molecule has 3 aliphatic heterocycles. The Morgan fingerprint density at radius 3 is 2.83 bits per heavy atom. The number of hydrogen-bond donors (Lipinski definition) is 1. The molecule has 0 aromatic heterocycles. The molecule has 3 amide bonds. The fourth-order valence-electron chi connectivity index (χ4n) is 3.69. The first-order chi connectivity index (χ1) is 14.2. The Kier molecular flexibility index (Phi) is 4.31. The first-order valence-electron chi connectivity index (χ1n) is 9.56. The lowest BCUT2D eigenvalue weighted by Gasteiger charge is -2.41. The normalized spacial score (nSPS) is 20.6. The standard InChI is InChI=1S/C21H20N4O4/c26-20-13-28-19-7-6-15(10-17(19)23-20)29-16-11-24(12-16)21(27)25-18(8-9-22-25)14-4-2-1-3-5-14/h1-7,9-10,16,18H,8,11-13H2,(H,23,26)/t18-/m0/s1. The maximum atomic E-state index is 12.9. The second-order valence-corrected chi connectivity index (χ2v) is 7.23. The molecular weight excluding hydrogens is 372 g/mol. The molecule has 0 bridgehead atoms. The predicted octanol–water partition coefficient (Wildman–Crippen LogP) is 2.63. The predicted molar refractivity (Wildman–Crippen MR) is 106 cm³/mol. The van der Waals surface area contributed by atoms with Crippen LogP contribution in [0.2, 0.25) is 0 Å². The summed E-state index contributed by atoms with van der Waals surface area (Å²) in [7, 11) is 0. The number of nitrogens with one attached hydrogen (secondary N) is 1. The Bertz CT molecular complexity index is 972. The third kappa shape index (κ3) is 3.37. The molecule has 0 saturated carbocycles. The molecule has 1 atom stereocenters. The van der Waals surface area contributed by atoms with Crippen molar-refractivity contribution in [3.8, 4) is 11.5 Å². The van der Waals surface area contributed by atoms with Gasteiger partial charge in [0.1, 0.15) is 17.6 Å². The summed E-state index contributed by atoms with van der Waals surface area (Å²) in [5.41, 5.74) is 1.67. The van der Waals surface area contributed by atoms with Gasteiger partial charge in [-0.2, -0.15) is 5.10 Å². The molecule has 3 aliphatic rings. The zero-order chi connectivity index (χ0) is 19.8. The number of anilines is 1. The average Bonchev–Trinajstić information content (AvgIpc) is 3.20. The van der Waals surface area contributed by atoms with Crippen LogP contribution in [0.25, 0.3) is 0 Å². The molecule has 1 N–H and O–H groups in total. The first-order valence-corrected chi connectivity index (χ1v) is 9.56. The van der Waals surface area contributed by atoms with E-state index >= 15 is 0 Å². The number of carbonyl (C=O) groups is 2. The van der Waals surface area contributed by atoms with Crippen molar-refractivity contribution >= 4 is 23.8 Å². The van der Waals surface area contributed by atoms with E-state index in [1.165, 1.54) is 0 Å². The molecular formula is C21H20N4O4. The van der Waals surface area contributed by atoms with Gasteiger partial charge in [0, 0.05) is 18.7 Å². The number of nitrogens with zero attached hydrogens (tertiary/aromatic N) is 3. The molecule has 8 heteroatoms. The summed E-state index contributed by atoms with van der Waals surface area (Å²) in [5, 5.41) is 8.60. The first kappa shape index (κ1) is 17.5. The summed E-state index contributed by atoms with van der Waals surface area (Å²) in [4.78, 5) is 26.0. The van der Waals surface area contributed by atoms with Gasteiger partial charge in [0.25, 0.3) is 5.91 Å². The van der Waals surface area contributed by atoms with Gasteiger partial charge in [0.05, 0.1) is 24.8 Å². The molecule has 1 fully saturated rings. The lowest BCUT2D eigenvalue weighted by atomic mass is 10.0. The van der Waals surface area contributed by atoms with Gasteiger partial charge in [-0.1, -0.05) is 30.3 Å². The number of ether oxygens (including phenoxy) is 2. The van der Waals surface area contributed by atoms with E-state index in [2.05, 4.69) is 10.4 Å². The molecule has 148 valence electrons. The Hall–Kier alpha value is -3.55. The Labute approximate surface area is 167 Å². The SMILES string of the molecule is O=C1COc2ccc(OC3CN(C(=O)N4N=CC[C@H]4c4ccccc4)C3)cc2N1. The zero-order valence-corrected chi connectivity index (χ0v) is 15.7. The van der Waals surface area contributed by atoms with Crippen LogP contribution in [0.4, 0.5) is 10.5 Å². The van der Waals surface area contributed by atoms with Gasteiger partial charge < -0.3 is 19.7 Å². The number of likely N-dealkylation sites (tertiary alicyclic amines) is 1. The van der Waals surface area contributed by atoms with E-state index in [4.69, 9.17) is 9.47 Å². The largest absolute Gasteiger partial charge is 0.487 e. The van der Waals surface area contributed by atoms with Crippen LogP contribution >= 0.6 is 0 Å². The molecule has 0 spiro atoms. The minimum Gasteiger partial charge on any atom is -0.487 e. The van der Waals surface area contributed by atoms with E-state index in [-0.39, 0.29) is 30.7 Å². The molecule has 8 nitrogen and oxygen atoms in total. The number of rotatable bonds is 3. The fourth-order valence-corrected chi connectivity index (χ4v) is 3.69. The van der Waals surface area contributed by atoms with Crippen LogP contribution in [0.5, 0.6) is 11.5 Å². The van der Waals surface area contributed by atoms with Crippen molar-refractivity contribution < 1.29 is 19.1 Å². The van der Waals surface area contributed by atoms with E-state index in [0.717, 1.165) is 5.56 Å². The minimum atomic E-state index is -0.186. The van der Waals surface area contributed by atoms with Crippen molar-refractivity contribution in [3.05, 3.63) is 54.1 Å². The Morgan fingerprint density at radius 2 is 2.00 bits per heavy atom. The van der Waals surface area contributed by atoms with Gasteiger partial charge in [-0.3, -0.25) is 4.79 Å². The second kappa shape index (κ2) is 7.12. The van der Waals surface area contributed by atoms with Gasteiger partial charge >= 0.3 is 6.03 Å². The minimum absolute atomic E-state index is 0.0237. The number of hydrogen-bond acceptors (Lipinski definition) is 5. The summed E-state index contributed by atoms with van der Waals surface area (Å²) in [6.45, 7) is 1.01. The lowest BCUT2D eigenvalue weighted by Crippen LogP contribution is -2.58. The van der Waals surface area contributed by atoms with E-state index in [1.807, 2.05) is 30.3 Å². The zero-order valence-electron chi connectivity index (χ0n) is 15.7. The van der Waals surface area contributed by atoms with Crippen molar-refractivity contribution in [2.24, 2.45) is 5.10 Å². The maximum Gasteiger partial charge on any atom is 0.341 e. The van der Waals surface area contributed by atoms with E-state index < -0.39 is 0 Å². The quantitative estimate of drug-likeness (QED) is 0.870. The highest BCUT2D eigenvalue weighted by atomic mass is 16.5.